The second kappa shape index (κ2) is 7.97. The van der Waals surface area contributed by atoms with E-state index >= 15 is 0 Å². The Morgan fingerprint density at radius 3 is 2.71 bits per heavy atom. The maximum absolute atomic E-state index is 12.1. The SMILES string of the molecule is COCCNCCc1ccccc1OC(F)F. The van der Waals surface area contributed by atoms with E-state index in [1.165, 1.54) is 0 Å². The molecule has 0 amide bonds. The monoisotopic (exact) mass is 245 g/mol. The number of hydrogen-bond acceptors (Lipinski definition) is 3. The zero-order valence-electron chi connectivity index (χ0n) is 9.79. The van der Waals surface area contributed by atoms with Gasteiger partial charge in [-0.05, 0) is 24.6 Å². The molecule has 0 unspecified atom stereocenters. The van der Waals surface area contributed by atoms with Crippen molar-refractivity contribution in [3.8, 4) is 5.75 Å². The molecule has 5 heteroatoms. The Morgan fingerprint density at radius 2 is 2.00 bits per heavy atom. The molecule has 96 valence electrons. The zero-order chi connectivity index (χ0) is 12.5. The number of hydrogen-bond donors (Lipinski definition) is 1. The molecule has 0 aliphatic carbocycles. The molecule has 3 nitrogen and oxygen atoms in total. The lowest BCUT2D eigenvalue weighted by Gasteiger charge is -2.10. The van der Waals surface area contributed by atoms with Crippen LogP contribution in [0.4, 0.5) is 8.78 Å². The smallest absolute Gasteiger partial charge is 0.387 e. The zero-order valence-corrected chi connectivity index (χ0v) is 9.79. The predicted octanol–water partition coefficient (Wildman–Crippen LogP) is 2.07. The number of rotatable bonds is 8. The van der Waals surface area contributed by atoms with E-state index in [0.717, 1.165) is 12.1 Å². The third-order valence-corrected chi connectivity index (χ3v) is 2.24. The minimum Gasteiger partial charge on any atom is -0.435 e. The van der Waals surface area contributed by atoms with E-state index in [9.17, 15) is 8.78 Å². The molecule has 0 saturated heterocycles. The third kappa shape index (κ3) is 5.60. The number of methoxy groups -OCH3 is 1. The van der Waals surface area contributed by atoms with Crippen LogP contribution in [0, 0.1) is 0 Å². The predicted molar refractivity (Wildman–Crippen MR) is 61.5 cm³/mol. The topological polar surface area (TPSA) is 30.5 Å². The Hall–Kier alpha value is -1.20. The van der Waals surface area contributed by atoms with Gasteiger partial charge in [-0.2, -0.15) is 8.78 Å². The van der Waals surface area contributed by atoms with E-state index < -0.39 is 6.61 Å². The van der Waals surface area contributed by atoms with Crippen LogP contribution < -0.4 is 10.1 Å². The van der Waals surface area contributed by atoms with Crippen LogP contribution >= 0.6 is 0 Å². The summed E-state index contributed by atoms with van der Waals surface area (Å²) >= 11 is 0. The Balaban J connectivity index is 2.40. The number of halogens is 2. The molecule has 0 aliphatic rings. The Morgan fingerprint density at radius 1 is 1.24 bits per heavy atom. The highest BCUT2D eigenvalue weighted by Gasteiger charge is 2.08. The molecule has 17 heavy (non-hydrogen) atoms. The van der Waals surface area contributed by atoms with Gasteiger partial charge in [0.2, 0.25) is 0 Å². The van der Waals surface area contributed by atoms with Crippen molar-refractivity contribution in [3.05, 3.63) is 29.8 Å². The quantitative estimate of drug-likeness (QED) is 0.711. The van der Waals surface area contributed by atoms with Crippen LogP contribution in [0.3, 0.4) is 0 Å². The van der Waals surface area contributed by atoms with Gasteiger partial charge in [0.25, 0.3) is 0 Å². The number of benzene rings is 1. The van der Waals surface area contributed by atoms with Gasteiger partial charge in [0.15, 0.2) is 0 Å². The lowest BCUT2D eigenvalue weighted by atomic mass is 10.1. The average molecular weight is 245 g/mol. The molecule has 0 aliphatic heterocycles. The Labute approximate surface area is 99.7 Å². The molecule has 0 atom stereocenters. The lowest BCUT2D eigenvalue weighted by Crippen LogP contribution is -2.22. The molecule has 1 N–H and O–H groups in total. The largest absolute Gasteiger partial charge is 0.435 e. The second-order valence-corrected chi connectivity index (χ2v) is 3.48. The van der Waals surface area contributed by atoms with Crippen molar-refractivity contribution in [2.75, 3.05) is 26.8 Å². The normalized spacial score (nSPS) is 10.8. The molecule has 0 radical (unpaired) electrons. The van der Waals surface area contributed by atoms with E-state index in [-0.39, 0.29) is 5.75 Å². The van der Waals surface area contributed by atoms with Gasteiger partial charge >= 0.3 is 6.61 Å². The van der Waals surface area contributed by atoms with Gasteiger partial charge in [-0.25, -0.2) is 0 Å². The number of ether oxygens (including phenoxy) is 2. The van der Waals surface area contributed by atoms with Crippen LogP contribution in [0.2, 0.25) is 0 Å². The summed E-state index contributed by atoms with van der Waals surface area (Å²) in [7, 11) is 1.63. The molecular formula is C12H17F2NO2. The summed E-state index contributed by atoms with van der Waals surface area (Å²) in [5.41, 5.74) is 0.776. The van der Waals surface area contributed by atoms with Gasteiger partial charge < -0.3 is 14.8 Å². The minimum atomic E-state index is -2.78. The number of alkyl halides is 2. The molecule has 0 spiro atoms. The van der Waals surface area contributed by atoms with Gasteiger partial charge in [0.05, 0.1) is 6.61 Å². The molecule has 0 bridgehead atoms. The van der Waals surface area contributed by atoms with Crippen LogP contribution in [0.5, 0.6) is 5.75 Å². The van der Waals surface area contributed by atoms with Crippen molar-refractivity contribution >= 4 is 0 Å². The van der Waals surface area contributed by atoms with Gasteiger partial charge in [-0.3, -0.25) is 0 Å². The third-order valence-electron chi connectivity index (χ3n) is 2.24. The first-order valence-corrected chi connectivity index (χ1v) is 5.46. The van der Waals surface area contributed by atoms with Crippen molar-refractivity contribution in [2.24, 2.45) is 0 Å². The van der Waals surface area contributed by atoms with Crippen LogP contribution in [0.15, 0.2) is 24.3 Å². The highest BCUT2D eigenvalue weighted by molar-refractivity contribution is 5.33. The molecule has 1 rings (SSSR count). The average Bonchev–Trinajstić information content (AvgIpc) is 2.30. The summed E-state index contributed by atoms with van der Waals surface area (Å²) in [5.74, 6) is 0.246. The summed E-state index contributed by atoms with van der Waals surface area (Å²) in [4.78, 5) is 0. The Kier molecular flexibility index (Phi) is 6.50. The van der Waals surface area contributed by atoms with Crippen molar-refractivity contribution in [1.82, 2.24) is 5.32 Å². The van der Waals surface area contributed by atoms with Crippen molar-refractivity contribution in [2.45, 2.75) is 13.0 Å². The van der Waals surface area contributed by atoms with Crippen LogP contribution in [-0.4, -0.2) is 33.4 Å². The maximum atomic E-state index is 12.1. The lowest BCUT2D eigenvalue weighted by molar-refractivity contribution is -0.0504. The van der Waals surface area contributed by atoms with E-state index in [2.05, 4.69) is 10.1 Å². The molecule has 1 aromatic carbocycles. The standard InChI is InChI=1S/C12H17F2NO2/c1-16-9-8-15-7-6-10-4-2-3-5-11(10)17-12(13)14/h2-5,12,15H,6-9H2,1H3. The molecule has 0 heterocycles. The maximum Gasteiger partial charge on any atom is 0.387 e. The second-order valence-electron chi connectivity index (χ2n) is 3.48. The fourth-order valence-electron chi connectivity index (χ4n) is 1.44. The van der Waals surface area contributed by atoms with E-state index in [1.807, 2.05) is 6.07 Å². The highest BCUT2D eigenvalue weighted by atomic mass is 19.3. The first-order valence-electron chi connectivity index (χ1n) is 5.46. The van der Waals surface area contributed by atoms with Crippen molar-refractivity contribution in [1.29, 1.82) is 0 Å². The highest BCUT2D eigenvalue weighted by Crippen LogP contribution is 2.20. The molecule has 1 aromatic rings. The van der Waals surface area contributed by atoms with E-state index in [4.69, 9.17) is 4.74 Å². The Bertz CT molecular complexity index is 321. The van der Waals surface area contributed by atoms with Crippen LogP contribution in [-0.2, 0) is 11.2 Å². The fourth-order valence-corrected chi connectivity index (χ4v) is 1.44. The first kappa shape index (κ1) is 13.9. The van der Waals surface area contributed by atoms with Crippen LogP contribution in [0.25, 0.3) is 0 Å². The van der Waals surface area contributed by atoms with Crippen molar-refractivity contribution in [3.63, 3.8) is 0 Å². The number of para-hydroxylation sites is 1. The summed E-state index contributed by atoms with van der Waals surface area (Å²) in [6, 6.07) is 6.83. The molecule has 0 fully saturated rings. The van der Waals surface area contributed by atoms with Gasteiger partial charge in [-0.15, -0.1) is 0 Å². The van der Waals surface area contributed by atoms with E-state index in [1.54, 1.807) is 25.3 Å². The fraction of sp³-hybridized carbons (Fsp3) is 0.500. The van der Waals surface area contributed by atoms with Gasteiger partial charge in [0.1, 0.15) is 5.75 Å². The van der Waals surface area contributed by atoms with Crippen LogP contribution in [0.1, 0.15) is 5.56 Å². The van der Waals surface area contributed by atoms with Crippen molar-refractivity contribution < 1.29 is 18.3 Å². The number of nitrogens with one attached hydrogen (secondary N) is 1. The summed E-state index contributed by atoms with van der Waals surface area (Å²) < 4.78 is 33.6. The summed E-state index contributed by atoms with van der Waals surface area (Å²) in [5, 5.41) is 3.15. The van der Waals surface area contributed by atoms with Gasteiger partial charge in [0, 0.05) is 13.7 Å². The minimum absolute atomic E-state index is 0.246. The molecule has 0 aromatic heterocycles. The summed E-state index contributed by atoms with van der Waals surface area (Å²) in [6.45, 7) is -0.700. The molecule has 0 saturated carbocycles. The van der Waals surface area contributed by atoms with Gasteiger partial charge in [-0.1, -0.05) is 18.2 Å². The van der Waals surface area contributed by atoms with E-state index in [0.29, 0.717) is 19.6 Å². The summed E-state index contributed by atoms with van der Waals surface area (Å²) in [6.07, 6.45) is 0.645. The molecular weight excluding hydrogens is 228 g/mol. The first-order chi connectivity index (χ1) is 8.24.